The number of ether oxygens (including phenoxy) is 2. The fraction of sp³-hybridized carbons (Fsp3) is 0.478. The highest BCUT2D eigenvalue weighted by atomic mass is 35.5. The number of benzene rings is 1. The molecule has 7 heteroatoms. The van der Waals surface area contributed by atoms with E-state index in [0.29, 0.717) is 0 Å². The van der Waals surface area contributed by atoms with Gasteiger partial charge >= 0.3 is 0 Å². The summed E-state index contributed by atoms with van der Waals surface area (Å²) in [7, 11) is 3.34. The molecule has 1 aromatic carbocycles. The van der Waals surface area contributed by atoms with E-state index in [1.165, 1.54) is 5.82 Å². The first-order chi connectivity index (χ1) is 14.1. The summed E-state index contributed by atoms with van der Waals surface area (Å²) in [5.74, 6) is 2.69. The van der Waals surface area contributed by atoms with Crippen molar-refractivity contribution in [2.75, 3.05) is 32.2 Å². The van der Waals surface area contributed by atoms with Crippen LogP contribution in [0.15, 0.2) is 24.5 Å². The van der Waals surface area contributed by atoms with E-state index >= 15 is 0 Å². The molecule has 0 N–H and O–H groups in total. The van der Waals surface area contributed by atoms with Gasteiger partial charge in [-0.1, -0.05) is 20.8 Å². The van der Waals surface area contributed by atoms with Gasteiger partial charge in [-0.15, -0.1) is 12.4 Å². The lowest BCUT2D eigenvalue weighted by molar-refractivity contribution is 0.395. The molecule has 0 fully saturated rings. The molecule has 3 aromatic rings. The first kappa shape index (κ1) is 23.8. The van der Waals surface area contributed by atoms with Crippen LogP contribution in [0.4, 0.5) is 5.82 Å². The molecule has 0 atom stereocenters. The third kappa shape index (κ3) is 4.33. The maximum atomic E-state index is 5.69. The van der Waals surface area contributed by atoms with Gasteiger partial charge in [-0.2, -0.15) is 0 Å². The summed E-state index contributed by atoms with van der Waals surface area (Å²) >= 11 is 0. The van der Waals surface area contributed by atoms with Crippen LogP contribution in [-0.2, 0) is 6.42 Å². The van der Waals surface area contributed by atoms with Crippen molar-refractivity contribution < 1.29 is 9.47 Å². The minimum atomic E-state index is 0. The Balaban J connectivity index is 0.00000320. The molecule has 0 amide bonds. The largest absolute Gasteiger partial charge is 0.497 e. The third-order valence-electron chi connectivity index (χ3n) is 5.17. The topological polar surface area (TPSA) is 51.9 Å². The number of rotatable bonds is 9. The summed E-state index contributed by atoms with van der Waals surface area (Å²) in [5, 5.41) is 0. The highest BCUT2D eigenvalue weighted by molar-refractivity contribution is 5.85. The quantitative estimate of drug-likeness (QED) is 0.457. The zero-order chi connectivity index (χ0) is 21.0. The SMILES string of the molecule is CCCN(CCC)c1c(CC)nc2c(-c3c(C)cc(OC)cc3OC)nccn12.Cl. The fourth-order valence-electron chi connectivity index (χ4n) is 3.93. The van der Waals surface area contributed by atoms with Crippen molar-refractivity contribution in [3.63, 3.8) is 0 Å². The van der Waals surface area contributed by atoms with E-state index in [9.17, 15) is 0 Å². The molecule has 0 radical (unpaired) electrons. The zero-order valence-electron chi connectivity index (χ0n) is 18.9. The first-order valence-corrected chi connectivity index (χ1v) is 10.4. The van der Waals surface area contributed by atoms with Gasteiger partial charge in [0.2, 0.25) is 0 Å². The van der Waals surface area contributed by atoms with Crippen molar-refractivity contribution in [3.05, 3.63) is 35.8 Å². The van der Waals surface area contributed by atoms with Gasteiger partial charge in [0.25, 0.3) is 0 Å². The highest BCUT2D eigenvalue weighted by Gasteiger charge is 2.22. The van der Waals surface area contributed by atoms with Crippen molar-refractivity contribution in [2.24, 2.45) is 0 Å². The van der Waals surface area contributed by atoms with Crippen molar-refractivity contribution in [1.82, 2.24) is 14.4 Å². The Kier molecular flexibility index (Phi) is 8.35. The maximum Gasteiger partial charge on any atom is 0.165 e. The van der Waals surface area contributed by atoms with E-state index in [4.69, 9.17) is 19.4 Å². The van der Waals surface area contributed by atoms with Crippen LogP contribution in [0.3, 0.4) is 0 Å². The van der Waals surface area contributed by atoms with Crippen LogP contribution in [0.25, 0.3) is 16.9 Å². The first-order valence-electron chi connectivity index (χ1n) is 10.4. The Morgan fingerprint density at radius 2 is 1.73 bits per heavy atom. The summed E-state index contributed by atoms with van der Waals surface area (Å²) in [6.07, 6.45) is 6.94. The van der Waals surface area contributed by atoms with E-state index in [2.05, 4.69) is 37.0 Å². The molecule has 0 aliphatic carbocycles. The van der Waals surface area contributed by atoms with E-state index in [-0.39, 0.29) is 12.4 Å². The molecule has 0 saturated heterocycles. The molecular weight excluding hydrogens is 400 g/mol. The number of nitrogens with zero attached hydrogens (tertiary/aromatic N) is 4. The molecule has 2 heterocycles. The van der Waals surface area contributed by atoms with Gasteiger partial charge in [-0.3, -0.25) is 9.38 Å². The summed E-state index contributed by atoms with van der Waals surface area (Å²) in [5.41, 5.74) is 4.80. The number of hydrogen-bond donors (Lipinski definition) is 0. The van der Waals surface area contributed by atoms with Crippen LogP contribution in [-0.4, -0.2) is 41.7 Å². The monoisotopic (exact) mass is 432 g/mol. The minimum Gasteiger partial charge on any atom is -0.497 e. The number of methoxy groups -OCH3 is 2. The second-order valence-electron chi connectivity index (χ2n) is 7.21. The molecule has 0 aliphatic heterocycles. The molecular formula is C23H33ClN4O2. The normalized spacial score (nSPS) is 10.7. The molecule has 3 rings (SSSR count). The Morgan fingerprint density at radius 1 is 1.03 bits per heavy atom. The van der Waals surface area contributed by atoms with Crippen LogP contribution in [0.1, 0.15) is 44.9 Å². The third-order valence-corrected chi connectivity index (χ3v) is 5.17. The zero-order valence-corrected chi connectivity index (χ0v) is 19.7. The van der Waals surface area contributed by atoms with Gasteiger partial charge in [0.1, 0.15) is 23.0 Å². The second-order valence-corrected chi connectivity index (χ2v) is 7.21. The lowest BCUT2D eigenvalue weighted by Gasteiger charge is -2.24. The van der Waals surface area contributed by atoms with Gasteiger partial charge in [-0.25, -0.2) is 4.98 Å². The minimum absolute atomic E-state index is 0. The number of halogens is 1. The molecule has 0 unspecified atom stereocenters. The van der Waals surface area contributed by atoms with Crippen molar-refractivity contribution in [3.8, 4) is 22.8 Å². The summed E-state index contributed by atoms with van der Waals surface area (Å²) in [6, 6.07) is 3.91. The molecule has 0 spiro atoms. The average Bonchev–Trinajstić information content (AvgIpc) is 3.11. The van der Waals surface area contributed by atoms with E-state index < -0.39 is 0 Å². The van der Waals surface area contributed by atoms with Crippen LogP contribution in [0.2, 0.25) is 0 Å². The molecule has 164 valence electrons. The lowest BCUT2D eigenvalue weighted by Crippen LogP contribution is -2.27. The standard InChI is InChI=1S/C23H32N4O2.ClH/c1-7-11-26(12-8-2)23-18(9-3)25-22-21(24-10-13-27(22)23)20-16(4)14-17(28-5)15-19(20)29-6;/h10,13-15H,7-9,11-12H2,1-6H3;1H. The lowest BCUT2D eigenvalue weighted by atomic mass is 10.0. The predicted octanol–water partition coefficient (Wildman–Crippen LogP) is 5.33. The van der Waals surface area contributed by atoms with Crippen LogP contribution in [0, 0.1) is 6.92 Å². The summed E-state index contributed by atoms with van der Waals surface area (Å²) in [6.45, 7) is 10.7. The van der Waals surface area contributed by atoms with Crippen molar-refractivity contribution >= 4 is 23.9 Å². The predicted molar refractivity (Wildman–Crippen MR) is 126 cm³/mol. The number of imidazole rings is 1. The van der Waals surface area contributed by atoms with Crippen LogP contribution < -0.4 is 14.4 Å². The number of anilines is 1. The second kappa shape index (κ2) is 10.5. The maximum absolute atomic E-state index is 5.69. The summed E-state index contributed by atoms with van der Waals surface area (Å²) in [4.78, 5) is 12.2. The number of fused-ring (bicyclic) bond motifs is 1. The van der Waals surface area contributed by atoms with E-state index in [0.717, 1.165) is 72.0 Å². The number of hydrogen-bond acceptors (Lipinski definition) is 5. The van der Waals surface area contributed by atoms with Crippen molar-refractivity contribution in [2.45, 2.75) is 47.0 Å². The molecule has 6 nitrogen and oxygen atoms in total. The van der Waals surface area contributed by atoms with Gasteiger partial charge in [-0.05, 0) is 37.8 Å². The Morgan fingerprint density at radius 3 is 2.30 bits per heavy atom. The van der Waals surface area contributed by atoms with Crippen molar-refractivity contribution in [1.29, 1.82) is 0 Å². The molecule has 0 aliphatic rings. The number of aryl methyl sites for hydroxylation is 2. The average molecular weight is 433 g/mol. The Hall–Kier alpha value is -2.47. The smallest absolute Gasteiger partial charge is 0.165 e. The van der Waals surface area contributed by atoms with E-state index in [1.54, 1.807) is 14.2 Å². The van der Waals surface area contributed by atoms with Gasteiger partial charge < -0.3 is 14.4 Å². The fourth-order valence-corrected chi connectivity index (χ4v) is 3.93. The van der Waals surface area contributed by atoms with Crippen LogP contribution in [0.5, 0.6) is 11.5 Å². The highest BCUT2D eigenvalue weighted by Crippen LogP contribution is 2.38. The summed E-state index contributed by atoms with van der Waals surface area (Å²) < 4.78 is 13.3. The van der Waals surface area contributed by atoms with Gasteiger partial charge in [0, 0.05) is 37.1 Å². The molecule has 2 aromatic heterocycles. The van der Waals surface area contributed by atoms with E-state index in [1.807, 2.05) is 24.5 Å². The molecule has 0 saturated carbocycles. The van der Waals surface area contributed by atoms with Crippen LogP contribution >= 0.6 is 12.4 Å². The van der Waals surface area contributed by atoms with Gasteiger partial charge in [0.05, 0.1) is 19.9 Å². The Bertz CT molecular complexity index is 981. The molecule has 30 heavy (non-hydrogen) atoms. The molecule has 0 bridgehead atoms. The van der Waals surface area contributed by atoms with Gasteiger partial charge in [0.15, 0.2) is 5.65 Å². The number of aromatic nitrogens is 3. The Labute approximate surface area is 185 Å².